The van der Waals surface area contributed by atoms with Crippen molar-refractivity contribution in [2.24, 2.45) is 10.8 Å². The van der Waals surface area contributed by atoms with E-state index in [2.05, 4.69) is 260 Å². The number of aromatic nitrogens is 2. The fourth-order valence-electron chi connectivity index (χ4n) is 14.9. The number of fused-ring (bicyclic) bond motifs is 6. The zero-order valence-corrected chi connectivity index (χ0v) is 62.8. The molecule has 2 aromatic heterocycles. The van der Waals surface area contributed by atoms with Crippen molar-refractivity contribution >= 4 is 51.7 Å². The summed E-state index contributed by atoms with van der Waals surface area (Å²) in [5, 5.41) is 30.8. The van der Waals surface area contributed by atoms with Crippen LogP contribution in [0.5, 0.6) is 23.0 Å². The first-order chi connectivity index (χ1) is 43.8. The summed E-state index contributed by atoms with van der Waals surface area (Å²) in [6.45, 7) is 53.8. The number of nitrogens with zero attached hydrogens (tertiary/aromatic N) is 2. The quantitative estimate of drug-likeness (QED) is 0.0946. The first kappa shape index (κ1) is 70.4. The Hall–Kier alpha value is -7.36. The third-order valence-electron chi connectivity index (χ3n) is 20.2. The maximum atomic E-state index is 16.2. The molecule has 0 fully saturated rings. The maximum Gasteiger partial charge on any atom is 0.147 e. The minimum absolute atomic E-state index is 0.0239. The minimum atomic E-state index is -2.62. The van der Waals surface area contributed by atoms with Gasteiger partial charge in [0.15, 0.2) is 0 Å². The minimum Gasteiger partial charge on any atom is -0.505 e. The Morgan fingerprint density at radius 1 is 0.347 bits per heavy atom. The average Bonchev–Trinajstić information content (AvgIpc) is 1.59. The smallest absolute Gasteiger partial charge is 0.147 e. The van der Waals surface area contributed by atoms with Crippen LogP contribution in [0.3, 0.4) is 0 Å². The SMILES string of the molecule is CC[Si](CC)(COc1ccc(F)cc1-c1cc(C(C)(C)CC(C)(C)C)cc(-n2c3ccc(C(C)(C)C)cc3c3cc(C(C)(C)C)ccc32)c1O)COc1ccc(F)cc1-c1cc(C(C)(C)CC(C)(C)C)cc(-n2c3ccc(C(C)(C)C)cc3c3cc(C(C)(C)C)ccc32)c1O. The van der Waals surface area contributed by atoms with E-state index in [0.29, 0.717) is 57.6 Å². The van der Waals surface area contributed by atoms with Crippen molar-refractivity contribution in [3.05, 3.63) is 178 Å². The molecule has 0 amide bonds. The number of aromatic hydroxyl groups is 2. The van der Waals surface area contributed by atoms with Gasteiger partial charge in [-0.25, -0.2) is 8.78 Å². The number of ether oxygens (including phenoxy) is 2. The second kappa shape index (κ2) is 24.6. The van der Waals surface area contributed by atoms with Crippen LogP contribution in [0.4, 0.5) is 8.78 Å². The van der Waals surface area contributed by atoms with Gasteiger partial charge in [-0.3, -0.25) is 0 Å². The van der Waals surface area contributed by atoms with E-state index in [-0.39, 0.29) is 54.8 Å². The molecule has 0 unspecified atom stereocenters. The molecule has 0 aliphatic rings. The summed E-state index contributed by atoms with van der Waals surface area (Å²) in [6, 6.07) is 46.0. The predicted molar refractivity (Wildman–Crippen MR) is 402 cm³/mol. The van der Waals surface area contributed by atoms with Crippen molar-refractivity contribution in [3.8, 4) is 56.6 Å². The van der Waals surface area contributed by atoms with Gasteiger partial charge in [-0.15, -0.1) is 0 Å². The molecular formula is C86H108F2N2O4Si. The number of rotatable bonds is 16. The Morgan fingerprint density at radius 2 is 0.632 bits per heavy atom. The molecule has 2 heterocycles. The van der Waals surface area contributed by atoms with Gasteiger partial charge in [0.2, 0.25) is 0 Å². The lowest BCUT2D eigenvalue weighted by molar-refractivity contribution is 0.283. The molecule has 0 saturated heterocycles. The highest BCUT2D eigenvalue weighted by atomic mass is 28.3. The lowest BCUT2D eigenvalue weighted by atomic mass is 9.71. The molecule has 10 aromatic rings. The van der Waals surface area contributed by atoms with E-state index in [1.165, 1.54) is 46.5 Å². The van der Waals surface area contributed by atoms with Crippen LogP contribution in [0.25, 0.3) is 77.2 Å². The van der Waals surface area contributed by atoms with Gasteiger partial charge < -0.3 is 28.8 Å². The Labute approximate surface area is 568 Å². The number of hydrogen-bond acceptors (Lipinski definition) is 4. The van der Waals surface area contributed by atoms with Gasteiger partial charge in [-0.05, 0) is 199 Å². The van der Waals surface area contributed by atoms with Gasteiger partial charge in [-0.1, -0.05) is 203 Å². The van der Waals surface area contributed by atoms with E-state index >= 15 is 8.78 Å². The Kier molecular flexibility index (Phi) is 18.3. The van der Waals surface area contributed by atoms with Crippen molar-refractivity contribution in [3.63, 3.8) is 0 Å². The van der Waals surface area contributed by atoms with Gasteiger partial charge in [0.1, 0.15) is 42.7 Å². The molecule has 504 valence electrons. The summed E-state index contributed by atoms with van der Waals surface area (Å²) >= 11 is 0. The van der Waals surface area contributed by atoms with Crippen molar-refractivity contribution < 1.29 is 28.5 Å². The molecule has 0 spiro atoms. The molecule has 6 nitrogen and oxygen atoms in total. The van der Waals surface area contributed by atoms with Crippen LogP contribution in [0.15, 0.2) is 133 Å². The zero-order valence-electron chi connectivity index (χ0n) is 61.8. The second-order valence-corrected chi connectivity index (χ2v) is 40.7. The summed E-state index contributed by atoms with van der Waals surface area (Å²) in [5.74, 6) is 0.0540. The van der Waals surface area contributed by atoms with Crippen LogP contribution in [-0.4, -0.2) is 39.9 Å². The van der Waals surface area contributed by atoms with Crippen LogP contribution in [0, 0.1) is 22.5 Å². The monoisotopic (exact) mass is 1300 g/mol. The van der Waals surface area contributed by atoms with Crippen molar-refractivity contribution in [2.75, 3.05) is 12.5 Å². The Bertz CT molecular complexity index is 4140. The standard InChI is InChI=1S/C86H108F2N2O4Si/c1-25-95(26-2,51-93-75-37-31-59(87)47-65(75)67-43-57(85(21,22)49-79(3,4)5)45-73(77(67)91)89-69-33-27-53(81(9,10)11)39-61(69)62-40-54(82(12,13)14)28-34-70(62)89)52-94-76-38-32-60(88)48-66(76)68-44-58(86(23,24)50-80(6,7)8)46-74(78(68)92)90-71-35-29-55(83(15,16)17)41-63(71)64-42-56(84(18,19)20)30-36-72(64)90/h27-48,91-92H,25-26,49-52H2,1-24H3. The highest BCUT2D eigenvalue weighted by Crippen LogP contribution is 2.51. The van der Waals surface area contributed by atoms with Gasteiger partial charge in [-0.2, -0.15) is 0 Å². The summed E-state index contributed by atoms with van der Waals surface area (Å²) in [6.07, 6.45) is 2.30. The number of hydrogen-bond donors (Lipinski definition) is 2. The number of benzene rings is 8. The largest absolute Gasteiger partial charge is 0.505 e. The van der Waals surface area contributed by atoms with Crippen LogP contribution >= 0.6 is 0 Å². The Balaban J connectivity index is 1.09. The van der Waals surface area contributed by atoms with E-state index in [1.54, 1.807) is 12.1 Å². The van der Waals surface area contributed by atoms with Gasteiger partial charge >= 0.3 is 0 Å². The Morgan fingerprint density at radius 3 is 0.884 bits per heavy atom. The topological polar surface area (TPSA) is 68.8 Å². The average molecular weight is 1300 g/mol. The van der Waals surface area contributed by atoms with Gasteiger partial charge in [0.05, 0.1) is 45.9 Å². The maximum absolute atomic E-state index is 16.2. The third-order valence-corrected chi connectivity index (χ3v) is 24.7. The van der Waals surface area contributed by atoms with E-state index < -0.39 is 19.7 Å². The van der Waals surface area contributed by atoms with Crippen LogP contribution in [0.2, 0.25) is 12.1 Å². The molecule has 10 rings (SSSR count). The molecule has 0 aliphatic carbocycles. The predicted octanol–water partition coefficient (Wildman–Crippen LogP) is 24.5. The number of halogens is 2. The summed E-state index contributed by atoms with van der Waals surface area (Å²) in [4.78, 5) is 0. The summed E-state index contributed by atoms with van der Waals surface area (Å²) < 4.78 is 51.1. The van der Waals surface area contributed by atoms with Gasteiger partial charge in [0, 0.05) is 43.8 Å². The highest BCUT2D eigenvalue weighted by molar-refractivity contribution is 6.79. The van der Waals surface area contributed by atoms with Crippen molar-refractivity contribution in [1.29, 1.82) is 0 Å². The molecule has 9 heteroatoms. The lowest BCUT2D eigenvalue weighted by Gasteiger charge is -2.34. The zero-order chi connectivity index (χ0) is 69.9. The number of phenols is 2. The number of phenolic OH excluding ortho intramolecular Hbond substituents is 2. The van der Waals surface area contributed by atoms with E-state index in [4.69, 9.17) is 9.47 Å². The molecule has 8 aromatic carbocycles. The molecule has 0 aliphatic heterocycles. The first-order valence-electron chi connectivity index (χ1n) is 34.6. The normalized spacial score (nSPS) is 13.5. The fourth-order valence-corrected chi connectivity index (χ4v) is 17.2. The van der Waals surface area contributed by atoms with Crippen molar-refractivity contribution in [2.45, 2.75) is 224 Å². The van der Waals surface area contributed by atoms with Crippen molar-refractivity contribution in [1.82, 2.24) is 9.13 Å². The van der Waals surface area contributed by atoms with Crippen LogP contribution in [-0.2, 0) is 32.5 Å². The molecule has 0 atom stereocenters. The molecule has 2 N–H and O–H groups in total. The first-order valence-corrected chi connectivity index (χ1v) is 37.5. The molecule has 0 saturated carbocycles. The van der Waals surface area contributed by atoms with E-state index in [9.17, 15) is 10.2 Å². The molecule has 0 bridgehead atoms. The summed E-state index contributed by atoms with van der Waals surface area (Å²) in [7, 11) is -2.62. The molecule has 0 radical (unpaired) electrons. The third kappa shape index (κ3) is 14.3. The van der Waals surface area contributed by atoms with Gasteiger partial charge in [0.25, 0.3) is 0 Å². The summed E-state index contributed by atoms with van der Waals surface area (Å²) in [5.41, 5.74) is 12.5. The molecule has 95 heavy (non-hydrogen) atoms. The highest BCUT2D eigenvalue weighted by Gasteiger charge is 2.37. The fraction of sp³-hybridized carbons (Fsp3) is 0.442. The second-order valence-electron chi connectivity index (χ2n) is 35.7. The van der Waals surface area contributed by atoms with Crippen LogP contribution in [0.1, 0.15) is 212 Å². The van der Waals surface area contributed by atoms with E-state index in [1.807, 2.05) is 12.1 Å². The lowest BCUT2D eigenvalue weighted by Crippen LogP contribution is -2.46. The molecular weight excluding hydrogens is 1190 g/mol. The van der Waals surface area contributed by atoms with Crippen LogP contribution < -0.4 is 9.47 Å². The van der Waals surface area contributed by atoms with E-state index in [0.717, 1.165) is 79.7 Å².